The summed E-state index contributed by atoms with van der Waals surface area (Å²) in [4.78, 5) is 16.0. The van der Waals surface area contributed by atoms with Crippen molar-refractivity contribution < 1.29 is 4.92 Å². The Labute approximate surface area is 127 Å². The van der Waals surface area contributed by atoms with Crippen LogP contribution in [0.5, 0.6) is 0 Å². The van der Waals surface area contributed by atoms with Crippen molar-refractivity contribution >= 4 is 23.3 Å². The average molecular weight is 303 g/mol. The Morgan fingerprint density at radius 2 is 2.00 bits per heavy atom. The summed E-state index contributed by atoms with van der Waals surface area (Å²) in [5, 5.41) is 14.6. The first-order valence-corrected chi connectivity index (χ1v) is 7.46. The van der Waals surface area contributed by atoms with E-state index in [1.807, 2.05) is 26.0 Å². The molecule has 1 heterocycles. The Kier molecular flexibility index (Phi) is 4.80. The molecule has 0 aliphatic carbocycles. The van der Waals surface area contributed by atoms with Crippen molar-refractivity contribution in [1.29, 1.82) is 0 Å². The van der Waals surface area contributed by atoms with Gasteiger partial charge in [0.05, 0.1) is 11.0 Å². The van der Waals surface area contributed by atoms with Gasteiger partial charge in [-0.25, -0.2) is 4.98 Å². The number of hydrogen-bond donors (Lipinski definition) is 1. The van der Waals surface area contributed by atoms with Gasteiger partial charge in [0, 0.05) is 17.5 Å². The highest BCUT2D eigenvalue weighted by atomic mass is 32.2. The molecule has 0 atom stereocenters. The highest BCUT2D eigenvalue weighted by molar-refractivity contribution is 7.99. The van der Waals surface area contributed by atoms with E-state index in [2.05, 4.69) is 23.3 Å². The second-order valence-electron chi connectivity index (χ2n) is 4.68. The summed E-state index contributed by atoms with van der Waals surface area (Å²) in [6.07, 6.45) is 0. The molecule has 0 amide bonds. The van der Waals surface area contributed by atoms with Crippen molar-refractivity contribution in [2.24, 2.45) is 0 Å². The van der Waals surface area contributed by atoms with Gasteiger partial charge in [-0.3, -0.25) is 10.1 Å². The first-order chi connectivity index (χ1) is 9.99. The van der Waals surface area contributed by atoms with Crippen molar-refractivity contribution in [3.63, 3.8) is 0 Å². The van der Waals surface area contributed by atoms with Crippen LogP contribution in [0.25, 0.3) is 0 Å². The number of nitrogens with one attached hydrogen (secondary N) is 1. The number of anilines is 1. The predicted octanol–water partition coefficient (Wildman–Crippen LogP) is 4.19. The van der Waals surface area contributed by atoms with Crippen LogP contribution in [0.1, 0.15) is 18.1 Å². The molecule has 6 heteroatoms. The minimum atomic E-state index is -0.396. The maximum absolute atomic E-state index is 11.0. The molecule has 2 aromatic rings. The molecule has 0 spiro atoms. The van der Waals surface area contributed by atoms with Gasteiger partial charge in [0.2, 0.25) is 0 Å². The highest BCUT2D eigenvalue weighted by Gasteiger charge is 2.12. The molecule has 1 aromatic carbocycles. The first kappa shape index (κ1) is 15.3. The second kappa shape index (κ2) is 6.58. The lowest BCUT2D eigenvalue weighted by molar-refractivity contribution is -0.385. The molecule has 110 valence electrons. The van der Waals surface area contributed by atoms with Crippen LogP contribution in [0.4, 0.5) is 11.5 Å². The minimum Gasteiger partial charge on any atom is -0.370 e. The van der Waals surface area contributed by atoms with Gasteiger partial charge in [0.15, 0.2) is 0 Å². The van der Waals surface area contributed by atoms with E-state index in [-0.39, 0.29) is 5.69 Å². The number of nitro groups is 1. The molecule has 5 nitrogen and oxygen atoms in total. The zero-order chi connectivity index (χ0) is 15.4. The lowest BCUT2D eigenvalue weighted by Gasteiger charge is -2.07. The number of nitrogens with zero attached hydrogens (tertiary/aromatic N) is 2. The van der Waals surface area contributed by atoms with E-state index in [1.54, 1.807) is 0 Å². The number of rotatable bonds is 5. The molecule has 0 fully saturated rings. The molecule has 0 bridgehead atoms. The highest BCUT2D eigenvalue weighted by Crippen LogP contribution is 2.31. The van der Waals surface area contributed by atoms with E-state index in [0.29, 0.717) is 17.4 Å². The summed E-state index contributed by atoms with van der Waals surface area (Å²) in [6, 6.07) is 9.06. The Morgan fingerprint density at radius 1 is 1.24 bits per heavy atom. The molecule has 1 aromatic heterocycles. The molecule has 0 aliphatic heterocycles. The molecule has 2 rings (SSSR count). The van der Waals surface area contributed by atoms with E-state index >= 15 is 0 Å². The van der Waals surface area contributed by atoms with Crippen LogP contribution < -0.4 is 5.32 Å². The van der Waals surface area contributed by atoms with Crippen molar-refractivity contribution in [1.82, 2.24) is 4.98 Å². The fourth-order valence-corrected chi connectivity index (χ4v) is 2.76. The van der Waals surface area contributed by atoms with E-state index in [4.69, 9.17) is 0 Å². The van der Waals surface area contributed by atoms with Gasteiger partial charge in [0.1, 0.15) is 10.8 Å². The summed E-state index contributed by atoms with van der Waals surface area (Å²) >= 11 is 1.43. The molecule has 21 heavy (non-hydrogen) atoms. The molecule has 0 saturated heterocycles. The number of hydrogen-bond acceptors (Lipinski definition) is 5. The van der Waals surface area contributed by atoms with Crippen molar-refractivity contribution in [3.05, 3.63) is 51.6 Å². The van der Waals surface area contributed by atoms with E-state index < -0.39 is 4.92 Å². The minimum absolute atomic E-state index is 0.0484. The summed E-state index contributed by atoms with van der Waals surface area (Å²) in [5.74, 6) is 0.526. The number of aryl methyl sites for hydroxylation is 2. The fourth-order valence-electron chi connectivity index (χ4n) is 1.82. The van der Waals surface area contributed by atoms with Crippen LogP contribution in [0.2, 0.25) is 0 Å². The summed E-state index contributed by atoms with van der Waals surface area (Å²) in [7, 11) is 0. The number of benzene rings is 1. The summed E-state index contributed by atoms with van der Waals surface area (Å²) in [6.45, 7) is 6.70. The molecular formula is C15H17N3O2S. The molecule has 0 aliphatic rings. The summed E-state index contributed by atoms with van der Waals surface area (Å²) in [5.41, 5.74) is 2.46. The Bertz CT molecular complexity index is 674. The summed E-state index contributed by atoms with van der Waals surface area (Å²) < 4.78 is 0. The average Bonchev–Trinajstić information content (AvgIpc) is 2.43. The number of pyridine rings is 1. The van der Waals surface area contributed by atoms with E-state index in [9.17, 15) is 10.1 Å². The monoisotopic (exact) mass is 303 g/mol. The Morgan fingerprint density at radius 3 is 2.62 bits per heavy atom. The van der Waals surface area contributed by atoms with Crippen molar-refractivity contribution in [2.45, 2.75) is 30.7 Å². The van der Waals surface area contributed by atoms with Gasteiger partial charge in [-0.2, -0.15) is 0 Å². The molecule has 1 N–H and O–H groups in total. The largest absolute Gasteiger partial charge is 0.370 e. The van der Waals surface area contributed by atoms with Gasteiger partial charge in [-0.15, -0.1) is 0 Å². The third kappa shape index (κ3) is 3.95. The van der Waals surface area contributed by atoms with Gasteiger partial charge < -0.3 is 5.32 Å². The molecule has 0 saturated carbocycles. The van der Waals surface area contributed by atoms with Crippen LogP contribution in [0.15, 0.2) is 40.3 Å². The third-order valence-electron chi connectivity index (χ3n) is 3.06. The second-order valence-corrected chi connectivity index (χ2v) is 5.78. The van der Waals surface area contributed by atoms with Crippen molar-refractivity contribution in [2.75, 3.05) is 11.9 Å². The normalized spacial score (nSPS) is 10.4. The third-order valence-corrected chi connectivity index (χ3v) is 3.96. The van der Waals surface area contributed by atoms with Crippen LogP contribution in [-0.4, -0.2) is 16.5 Å². The maximum atomic E-state index is 11.0. The SMILES string of the molecule is CCNc1cc([N+](=O)[O-])cc(Sc2ccc(C)c(C)c2)n1. The van der Waals surface area contributed by atoms with Crippen LogP contribution in [0.3, 0.4) is 0 Å². The quantitative estimate of drug-likeness (QED) is 0.662. The maximum Gasteiger partial charge on any atom is 0.275 e. The lowest BCUT2D eigenvalue weighted by atomic mass is 10.1. The Hall–Kier alpha value is -2.08. The van der Waals surface area contributed by atoms with Crippen LogP contribution in [-0.2, 0) is 0 Å². The lowest BCUT2D eigenvalue weighted by Crippen LogP contribution is -2.01. The molecular weight excluding hydrogens is 286 g/mol. The first-order valence-electron chi connectivity index (χ1n) is 6.65. The molecule has 0 radical (unpaired) electrons. The van der Waals surface area contributed by atoms with Crippen LogP contribution in [0, 0.1) is 24.0 Å². The zero-order valence-electron chi connectivity index (χ0n) is 12.2. The van der Waals surface area contributed by atoms with Gasteiger partial charge in [0.25, 0.3) is 5.69 Å². The van der Waals surface area contributed by atoms with Gasteiger partial charge in [-0.1, -0.05) is 17.8 Å². The van der Waals surface area contributed by atoms with Gasteiger partial charge in [-0.05, 0) is 44.0 Å². The van der Waals surface area contributed by atoms with E-state index in [1.165, 1.54) is 35.0 Å². The van der Waals surface area contributed by atoms with Crippen molar-refractivity contribution in [3.8, 4) is 0 Å². The predicted molar refractivity (Wildman–Crippen MR) is 85.1 cm³/mol. The zero-order valence-corrected chi connectivity index (χ0v) is 13.0. The standard InChI is InChI=1S/C15H17N3O2S/c1-4-16-14-8-12(18(19)20)9-15(17-14)21-13-6-5-10(2)11(3)7-13/h5-9H,4H2,1-3H3,(H,16,17). The smallest absolute Gasteiger partial charge is 0.275 e. The van der Waals surface area contributed by atoms with E-state index in [0.717, 1.165) is 4.90 Å². The Balaban J connectivity index is 2.33. The number of aromatic nitrogens is 1. The fraction of sp³-hybridized carbons (Fsp3) is 0.267. The topological polar surface area (TPSA) is 68.1 Å². The van der Waals surface area contributed by atoms with Gasteiger partial charge >= 0.3 is 0 Å². The molecule has 0 unspecified atom stereocenters. The van der Waals surface area contributed by atoms with Crippen LogP contribution >= 0.6 is 11.8 Å².